The van der Waals surface area contributed by atoms with E-state index in [0.717, 1.165) is 50.1 Å². The van der Waals surface area contributed by atoms with Crippen molar-refractivity contribution in [1.82, 2.24) is 0 Å². The molecule has 10 aromatic carbocycles. The highest BCUT2D eigenvalue weighted by atomic mass is 16.3. The van der Waals surface area contributed by atoms with Gasteiger partial charge in [-0.2, -0.15) is 0 Å². The second-order valence-corrected chi connectivity index (χ2v) is 15.2. The number of para-hydroxylation sites is 1. The van der Waals surface area contributed by atoms with E-state index in [1.54, 1.807) is 0 Å². The molecule has 0 fully saturated rings. The molecule has 282 valence electrons. The largest absolute Gasteiger partial charge is 0.456 e. The van der Waals surface area contributed by atoms with Gasteiger partial charge in [0, 0.05) is 33.9 Å². The van der Waals surface area contributed by atoms with Crippen LogP contribution in [0.3, 0.4) is 0 Å². The Labute approximate surface area is 349 Å². The Morgan fingerprint density at radius 3 is 1.43 bits per heavy atom. The van der Waals surface area contributed by atoms with Crippen LogP contribution in [0.1, 0.15) is 0 Å². The van der Waals surface area contributed by atoms with Crippen molar-refractivity contribution in [3.63, 3.8) is 0 Å². The van der Waals surface area contributed by atoms with E-state index >= 15 is 0 Å². The lowest BCUT2D eigenvalue weighted by Gasteiger charge is -2.26. The number of hydrogen-bond donors (Lipinski definition) is 0. The first-order chi connectivity index (χ1) is 29.8. The molecule has 0 amide bonds. The average molecular weight is 766 g/mol. The standard InChI is InChI=1S/C58H39NO/c1-2-16-40(17-3-1)48-23-6-8-25-51(48)53-27-10-11-28-54(53)52-26-9-7-24-49(52)42-32-34-44(35-33-42)59(46-36-37-56-55-29-12-13-31-57(55)60-58(56)39-46)45-21-14-20-43(38-45)50-30-15-19-41-18-4-5-22-47(41)50/h1-39H. The van der Waals surface area contributed by atoms with Crippen LogP contribution >= 0.6 is 0 Å². The molecule has 0 aliphatic heterocycles. The second-order valence-electron chi connectivity index (χ2n) is 15.2. The zero-order valence-electron chi connectivity index (χ0n) is 32.9. The fourth-order valence-corrected chi connectivity index (χ4v) is 8.89. The minimum atomic E-state index is 0.863. The highest BCUT2D eigenvalue weighted by Gasteiger charge is 2.19. The quantitative estimate of drug-likeness (QED) is 0.153. The molecule has 2 nitrogen and oxygen atoms in total. The summed E-state index contributed by atoms with van der Waals surface area (Å²) < 4.78 is 6.44. The lowest BCUT2D eigenvalue weighted by atomic mass is 9.87. The summed E-state index contributed by atoms with van der Waals surface area (Å²) in [6, 6.07) is 84.8. The van der Waals surface area contributed by atoms with Crippen LogP contribution in [-0.2, 0) is 0 Å². The number of benzene rings is 10. The summed E-state index contributed by atoms with van der Waals surface area (Å²) in [7, 11) is 0. The minimum Gasteiger partial charge on any atom is -0.456 e. The van der Waals surface area contributed by atoms with Gasteiger partial charge >= 0.3 is 0 Å². The first-order valence-electron chi connectivity index (χ1n) is 20.5. The van der Waals surface area contributed by atoms with Crippen molar-refractivity contribution in [1.29, 1.82) is 0 Å². The monoisotopic (exact) mass is 765 g/mol. The molecule has 0 aliphatic carbocycles. The SMILES string of the molecule is c1ccc(-c2ccccc2-c2ccccc2-c2ccccc2-c2ccc(N(c3cccc(-c4cccc5ccccc45)c3)c3ccc4c(c3)oc3ccccc34)cc2)cc1. The van der Waals surface area contributed by atoms with Crippen molar-refractivity contribution in [3.8, 4) is 55.6 Å². The maximum Gasteiger partial charge on any atom is 0.137 e. The molecule has 0 radical (unpaired) electrons. The van der Waals surface area contributed by atoms with Gasteiger partial charge in [0.2, 0.25) is 0 Å². The van der Waals surface area contributed by atoms with Gasteiger partial charge in [-0.15, -0.1) is 0 Å². The predicted molar refractivity (Wildman–Crippen MR) is 253 cm³/mol. The van der Waals surface area contributed by atoms with Gasteiger partial charge < -0.3 is 9.32 Å². The van der Waals surface area contributed by atoms with Crippen LogP contribution in [0, 0.1) is 0 Å². The van der Waals surface area contributed by atoms with E-state index < -0.39 is 0 Å². The summed E-state index contributed by atoms with van der Waals surface area (Å²) in [6.45, 7) is 0. The fraction of sp³-hybridized carbons (Fsp3) is 0. The number of furan rings is 1. The van der Waals surface area contributed by atoms with Gasteiger partial charge in [-0.25, -0.2) is 0 Å². The fourth-order valence-electron chi connectivity index (χ4n) is 8.89. The van der Waals surface area contributed by atoms with Crippen LogP contribution in [0.5, 0.6) is 0 Å². The molecule has 0 saturated heterocycles. The number of nitrogens with zero attached hydrogens (tertiary/aromatic N) is 1. The topological polar surface area (TPSA) is 16.4 Å². The summed E-state index contributed by atoms with van der Waals surface area (Å²) in [5.74, 6) is 0. The molecule has 11 aromatic rings. The Morgan fingerprint density at radius 2 is 0.717 bits per heavy atom. The molecule has 0 atom stereocenters. The number of anilines is 3. The predicted octanol–water partition coefficient (Wildman–Crippen LogP) is 16.5. The van der Waals surface area contributed by atoms with Gasteiger partial charge in [0.05, 0.1) is 0 Å². The number of rotatable bonds is 8. The van der Waals surface area contributed by atoms with E-state index in [1.165, 1.54) is 55.3 Å². The smallest absolute Gasteiger partial charge is 0.137 e. The second kappa shape index (κ2) is 15.1. The van der Waals surface area contributed by atoms with E-state index in [2.05, 4.69) is 229 Å². The summed E-state index contributed by atoms with van der Waals surface area (Å²) in [5.41, 5.74) is 16.8. The zero-order valence-corrected chi connectivity index (χ0v) is 32.9. The van der Waals surface area contributed by atoms with E-state index in [4.69, 9.17) is 4.42 Å². The Bertz CT molecular complexity index is 3320. The molecule has 0 aliphatic rings. The maximum absolute atomic E-state index is 6.44. The number of fused-ring (bicyclic) bond motifs is 4. The van der Waals surface area contributed by atoms with E-state index in [-0.39, 0.29) is 0 Å². The highest BCUT2D eigenvalue weighted by Crippen LogP contribution is 2.44. The average Bonchev–Trinajstić information content (AvgIpc) is 3.70. The third-order valence-electron chi connectivity index (χ3n) is 11.7. The van der Waals surface area contributed by atoms with Gasteiger partial charge in [0.25, 0.3) is 0 Å². The van der Waals surface area contributed by atoms with Crippen LogP contribution in [0.2, 0.25) is 0 Å². The van der Waals surface area contributed by atoms with Crippen molar-refractivity contribution in [2.75, 3.05) is 4.90 Å². The molecule has 2 heteroatoms. The molecule has 60 heavy (non-hydrogen) atoms. The Morgan fingerprint density at radius 1 is 0.250 bits per heavy atom. The highest BCUT2D eigenvalue weighted by molar-refractivity contribution is 6.06. The Kier molecular flexibility index (Phi) is 8.87. The molecule has 0 spiro atoms. The zero-order chi connectivity index (χ0) is 39.8. The Hall–Kier alpha value is -7.94. The van der Waals surface area contributed by atoms with Crippen molar-refractivity contribution in [2.45, 2.75) is 0 Å². The molecular weight excluding hydrogens is 727 g/mol. The summed E-state index contributed by atoms with van der Waals surface area (Å²) >= 11 is 0. The summed E-state index contributed by atoms with van der Waals surface area (Å²) in [4.78, 5) is 2.34. The number of hydrogen-bond acceptors (Lipinski definition) is 2. The Balaban J connectivity index is 1.03. The van der Waals surface area contributed by atoms with E-state index in [0.29, 0.717) is 0 Å². The maximum atomic E-state index is 6.44. The van der Waals surface area contributed by atoms with E-state index in [1.807, 2.05) is 12.1 Å². The first-order valence-corrected chi connectivity index (χ1v) is 20.5. The van der Waals surface area contributed by atoms with E-state index in [9.17, 15) is 0 Å². The van der Waals surface area contributed by atoms with Crippen LogP contribution < -0.4 is 4.90 Å². The molecule has 1 heterocycles. The van der Waals surface area contributed by atoms with Crippen LogP contribution in [0.25, 0.3) is 88.3 Å². The molecular formula is C58H39NO. The van der Waals surface area contributed by atoms with Crippen molar-refractivity contribution < 1.29 is 4.42 Å². The molecule has 0 bridgehead atoms. The van der Waals surface area contributed by atoms with Gasteiger partial charge in [-0.05, 0) is 109 Å². The van der Waals surface area contributed by atoms with Crippen molar-refractivity contribution in [3.05, 3.63) is 237 Å². The normalized spacial score (nSPS) is 11.3. The van der Waals surface area contributed by atoms with Crippen LogP contribution in [0.15, 0.2) is 241 Å². The lowest BCUT2D eigenvalue weighted by Crippen LogP contribution is -2.10. The molecule has 0 saturated carbocycles. The van der Waals surface area contributed by atoms with Crippen molar-refractivity contribution >= 4 is 49.8 Å². The summed E-state index contributed by atoms with van der Waals surface area (Å²) in [5, 5.41) is 4.70. The van der Waals surface area contributed by atoms with Crippen LogP contribution in [0.4, 0.5) is 17.1 Å². The van der Waals surface area contributed by atoms with Crippen LogP contribution in [-0.4, -0.2) is 0 Å². The van der Waals surface area contributed by atoms with Gasteiger partial charge in [-0.1, -0.05) is 188 Å². The van der Waals surface area contributed by atoms with Gasteiger partial charge in [0.15, 0.2) is 0 Å². The first kappa shape index (κ1) is 35.2. The van der Waals surface area contributed by atoms with Gasteiger partial charge in [0.1, 0.15) is 11.2 Å². The molecule has 0 unspecified atom stereocenters. The third kappa shape index (κ3) is 6.32. The third-order valence-corrected chi connectivity index (χ3v) is 11.7. The summed E-state index contributed by atoms with van der Waals surface area (Å²) in [6.07, 6.45) is 0. The minimum absolute atomic E-state index is 0.863. The molecule has 11 rings (SSSR count). The van der Waals surface area contributed by atoms with Crippen molar-refractivity contribution in [2.24, 2.45) is 0 Å². The lowest BCUT2D eigenvalue weighted by molar-refractivity contribution is 0.669. The molecule has 1 aromatic heterocycles. The van der Waals surface area contributed by atoms with Gasteiger partial charge in [-0.3, -0.25) is 0 Å². The molecule has 0 N–H and O–H groups in total.